The van der Waals surface area contributed by atoms with Gasteiger partial charge < -0.3 is 14.2 Å². The lowest BCUT2D eigenvalue weighted by Gasteiger charge is -2.29. The Morgan fingerprint density at radius 2 is 2.00 bits per heavy atom. The highest BCUT2D eigenvalue weighted by Gasteiger charge is 2.37. The van der Waals surface area contributed by atoms with Crippen molar-refractivity contribution in [3.05, 3.63) is 40.5 Å². The molecule has 1 saturated heterocycles. The van der Waals surface area contributed by atoms with Crippen LogP contribution in [0.4, 0.5) is 0 Å². The van der Waals surface area contributed by atoms with Crippen LogP contribution >= 0.6 is 0 Å². The molecule has 7 heteroatoms. The number of nitriles is 1. The van der Waals surface area contributed by atoms with Gasteiger partial charge in [0.2, 0.25) is 0 Å². The van der Waals surface area contributed by atoms with Gasteiger partial charge in [-0.3, -0.25) is 14.5 Å². The summed E-state index contributed by atoms with van der Waals surface area (Å²) in [6.45, 7) is 7.55. The van der Waals surface area contributed by atoms with Crippen molar-refractivity contribution in [2.45, 2.75) is 59.0 Å². The van der Waals surface area contributed by atoms with Crippen LogP contribution in [-0.4, -0.2) is 49.2 Å². The van der Waals surface area contributed by atoms with E-state index in [1.165, 1.54) is 0 Å². The van der Waals surface area contributed by atoms with Crippen molar-refractivity contribution < 1.29 is 23.8 Å². The van der Waals surface area contributed by atoms with Crippen molar-refractivity contribution in [1.29, 1.82) is 5.26 Å². The molecule has 0 saturated carbocycles. The van der Waals surface area contributed by atoms with Crippen LogP contribution in [0.2, 0.25) is 0 Å². The summed E-state index contributed by atoms with van der Waals surface area (Å²) in [7, 11) is 0. The molecule has 176 valence electrons. The molecule has 2 aliphatic heterocycles. The fourth-order valence-corrected chi connectivity index (χ4v) is 3.99. The Hall–Kier alpha value is -3.11. The maximum absolute atomic E-state index is 13.3. The van der Waals surface area contributed by atoms with Crippen LogP contribution in [0.15, 0.2) is 34.9 Å². The van der Waals surface area contributed by atoms with Crippen molar-refractivity contribution in [3.8, 4) is 17.6 Å². The summed E-state index contributed by atoms with van der Waals surface area (Å²) in [5.74, 6) is 0.287. The van der Waals surface area contributed by atoms with Gasteiger partial charge in [-0.25, -0.2) is 0 Å². The molecule has 2 aliphatic rings. The van der Waals surface area contributed by atoms with Gasteiger partial charge in [0, 0.05) is 12.2 Å². The number of amides is 2. The number of unbranched alkanes of at least 4 members (excludes halogenated alkanes) is 2. The molecule has 0 spiro atoms. The van der Waals surface area contributed by atoms with Gasteiger partial charge >= 0.3 is 0 Å². The third kappa shape index (κ3) is 5.82. The highest BCUT2D eigenvalue weighted by Crippen LogP contribution is 2.32. The number of rotatable bonds is 10. The second-order valence-electron chi connectivity index (χ2n) is 8.22. The van der Waals surface area contributed by atoms with Crippen molar-refractivity contribution in [2.75, 3.05) is 26.4 Å². The van der Waals surface area contributed by atoms with Gasteiger partial charge in [0.05, 0.1) is 25.9 Å². The van der Waals surface area contributed by atoms with Gasteiger partial charge in [-0.1, -0.05) is 25.8 Å². The number of carbonyl (C=O) groups excluding carboxylic acids is 2. The highest BCUT2D eigenvalue weighted by atomic mass is 16.5. The molecule has 0 bridgehead atoms. The van der Waals surface area contributed by atoms with E-state index >= 15 is 0 Å². The molecule has 1 aromatic carbocycles. The molecule has 3 rings (SSSR count). The van der Waals surface area contributed by atoms with E-state index in [0.29, 0.717) is 42.5 Å². The summed E-state index contributed by atoms with van der Waals surface area (Å²) in [5, 5.41) is 9.59. The molecule has 0 N–H and O–H groups in total. The van der Waals surface area contributed by atoms with E-state index in [1.807, 2.05) is 31.2 Å². The van der Waals surface area contributed by atoms with E-state index in [9.17, 15) is 14.9 Å². The van der Waals surface area contributed by atoms with Gasteiger partial charge in [-0.2, -0.15) is 5.26 Å². The monoisotopic (exact) mass is 452 g/mol. The summed E-state index contributed by atoms with van der Waals surface area (Å²) < 4.78 is 17.3. The summed E-state index contributed by atoms with van der Waals surface area (Å²) in [6.07, 6.45) is 6.39. The predicted molar refractivity (Wildman–Crippen MR) is 125 cm³/mol. The fourth-order valence-electron chi connectivity index (χ4n) is 3.99. The molecule has 0 aliphatic carbocycles. The van der Waals surface area contributed by atoms with Crippen LogP contribution in [0.5, 0.6) is 11.5 Å². The zero-order valence-electron chi connectivity index (χ0n) is 19.7. The molecule has 33 heavy (non-hydrogen) atoms. The Morgan fingerprint density at radius 3 is 2.67 bits per heavy atom. The van der Waals surface area contributed by atoms with Gasteiger partial charge in [0.25, 0.3) is 11.8 Å². The zero-order chi connectivity index (χ0) is 23.8. The topological polar surface area (TPSA) is 88.9 Å². The Bertz CT molecular complexity index is 983. The normalized spacial score (nSPS) is 19.9. The molecule has 7 nitrogen and oxygen atoms in total. The Morgan fingerprint density at radius 1 is 1.18 bits per heavy atom. The molecule has 2 amide bonds. The van der Waals surface area contributed by atoms with Crippen LogP contribution < -0.4 is 9.47 Å². The number of hydrogen-bond donors (Lipinski definition) is 0. The van der Waals surface area contributed by atoms with Crippen molar-refractivity contribution >= 4 is 17.9 Å². The Balaban J connectivity index is 1.91. The van der Waals surface area contributed by atoms with Crippen LogP contribution in [0, 0.1) is 11.3 Å². The second-order valence-corrected chi connectivity index (χ2v) is 8.22. The molecule has 0 aromatic heterocycles. The molecule has 1 aromatic rings. The van der Waals surface area contributed by atoms with Crippen LogP contribution in [-0.2, 0) is 14.3 Å². The summed E-state index contributed by atoms with van der Waals surface area (Å²) >= 11 is 0. The maximum Gasteiger partial charge on any atom is 0.271 e. The molecule has 2 heterocycles. The van der Waals surface area contributed by atoms with Crippen LogP contribution in [0.1, 0.15) is 58.4 Å². The lowest BCUT2D eigenvalue weighted by atomic mass is 9.93. The van der Waals surface area contributed by atoms with E-state index in [0.717, 1.165) is 42.6 Å². The zero-order valence-corrected chi connectivity index (χ0v) is 19.7. The second kappa shape index (κ2) is 11.7. The van der Waals surface area contributed by atoms with Crippen molar-refractivity contribution in [3.63, 3.8) is 0 Å². The minimum atomic E-state index is -0.557. The lowest BCUT2D eigenvalue weighted by molar-refractivity contribution is -0.142. The number of benzene rings is 1. The van der Waals surface area contributed by atoms with Gasteiger partial charge in [0.1, 0.15) is 11.6 Å². The Kier molecular flexibility index (Phi) is 8.67. The van der Waals surface area contributed by atoms with E-state index in [-0.39, 0.29) is 18.2 Å². The quantitative estimate of drug-likeness (QED) is 0.296. The molecule has 1 unspecified atom stereocenters. The minimum absolute atomic E-state index is 0.0141. The van der Waals surface area contributed by atoms with Gasteiger partial charge in [0.15, 0.2) is 11.5 Å². The first-order valence-electron chi connectivity index (χ1n) is 11.7. The minimum Gasteiger partial charge on any atom is -0.490 e. The first-order valence-corrected chi connectivity index (χ1v) is 11.7. The Labute approximate surface area is 195 Å². The van der Waals surface area contributed by atoms with Gasteiger partial charge in [-0.05, 0) is 62.5 Å². The highest BCUT2D eigenvalue weighted by molar-refractivity contribution is 6.19. The first-order chi connectivity index (χ1) is 16.0. The van der Waals surface area contributed by atoms with Crippen molar-refractivity contribution in [2.24, 2.45) is 0 Å². The third-order valence-electron chi connectivity index (χ3n) is 5.82. The standard InChI is InChI=1S/C26H32N2O5/c1-4-6-7-12-33-23-11-10-19(15-24(23)31-5-2)14-21-18(3)22(16-27)26(30)28(25(21)29)17-20-9-8-13-32-20/h10-11,14-15,20H,4-9,12-13,17H2,1-3H3/b21-14+. The van der Waals surface area contributed by atoms with Crippen LogP contribution in [0.3, 0.4) is 0 Å². The molecule has 1 atom stereocenters. The van der Waals surface area contributed by atoms with E-state index in [4.69, 9.17) is 14.2 Å². The predicted octanol–water partition coefficient (Wildman–Crippen LogP) is 4.43. The van der Waals surface area contributed by atoms with Crippen LogP contribution in [0.25, 0.3) is 6.08 Å². The average Bonchev–Trinajstić information content (AvgIpc) is 3.32. The number of hydrogen-bond acceptors (Lipinski definition) is 6. The number of nitrogens with zero attached hydrogens (tertiary/aromatic N) is 2. The first kappa shape index (κ1) is 24.5. The largest absolute Gasteiger partial charge is 0.490 e. The van der Waals surface area contributed by atoms with E-state index in [2.05, 4.69) is 6.92 Å². The fraction of sp³-hybridized carbons (Fsp3) is 0.500. The molecule has 0 radical (unpaired) electrons. The van der Waals surface area contributed by atoms with Gasteiger partial charge in [-0.15, -0.1) is 0 Å². The molecule has 1 fully saturated rings. The van der Waals surface area contributed by atoms with E-state index in [1.54, 1.807) is 13.0 Å². The number of ether oxygens (including phenoxy) is 3. The smallest absolute Gasteiger partial charge is 0.271 e. The maximum atomic E-state index is 13.3. The summed E-state index contributed by atoms with van der Waals surface area (Å²) in [5.41, 5.74) is 1.42. The number of carbonyl (C=O) groups is 2. The SMILES string of the molecule is CCCCCOc1ccc(/C=C2/C(=O)N(CC3CCCO3)C(=O)C(C#N)=C2C)cc1OCC. The summed E-state index contributed by atoms with van der Waals surface area (Å²) in [4.78, 5) is 27.2. The number of imide groups is 1. The van der Waals surface area contributed by atoms with E-state index < -0.39 is 11.8 Å². The molecular weight excluding hydrogens is 420 g/mol. The molecular formula is C26H32N2O5. The summed E-state index contributed by atoms with van der Waals surface area (Å²) in [6, 6.07) is 7.47. The third-order valence-corrected chi connectivity index (χ3v) is 5.82. The average molecular weight is 453 g/mol. The lowest BCUT2D eigenvalue weighted by Crippen LogP contribution is -2.46. The van der Waals surface area contributed by atoms with Crippen molar-refractivity contribution in [1.82, 2.24) is 4.90 Å².